The molecule has 1 aliphatic rings. The van der Waals surface area contributed by atoms with Crippen LogP contribution in [0.5, 0.6) is 11.6 Å². The number of hydrogen-bond donors (Lipinski definition) is 2. The molecule has 0 unspecified atom stereocenters. The zero-order valence-corrected chi connectivity index (χ0v) is 13.4. The largest absolute Gasteiger partial charge is 0.436 e. The molecule has 1 amide bonds. The lowest BCUT2D eigenvalue weighted by Crippen LogP contribution is -2.29. The molecule has 0 bridgehead atoms. The summed E-state index contributed by atoms with van der Waals surface area (Å²) < 4.78 is 7.42. The van der Waals surface area contributed by atoms with Crippen molar-refractivity contribution in [3.63, 3.8) is 0 Å². The summed E-state index contributed by atoms with van der Waals surface area (Å²) in [5, 5.41) is 10.4. The van der Waals surface area contributed by atoms with Crippen molar-refractivity contribution in [1.29, 1.82) is 0 Å². The van der Waals surface area contributed by atoms with Crippen LogP contribution in [0.2, 0.25) is 0 Å². The topological polar surface area (TPSA) is 81.1 Å². The van der Waals surface area contributed by atoms with Crippen LogP contribution in [0.1, 0.15) is 18.5 Å². The Labute approximate surface area is 135 Å². The van der Waals surface area contributed by atoms with E-state index in [4.69, 9.17) is 4.74 Å². The van der Waals surface area contributed by atoms with Gasteiger partial charge in [-0.05, 0) is 44.4 Å². The van der Waals surface area contributed by atoms with Crippen molar-refractivity contribution in [2.24, 2.45) is 13.0 Å². The van der Waals surface area contributed by atoms with E-state index in [-0.39, 0.29) is 12.5 Å². The van der Waals surface area contributed by atoms with Crippen LogP contribution in [0.4, 0.5) is 5.69 Å². The number of aryl methyl sites for hydroxylation is 2. The maximum absolute atomic E-state index is 12.1. The van der Waals surface area contributed by atoms with Crippen molar-refractivity contribution >= 4 is 11.6 Å². The molecule has 7 nitrogen and oxygen atoms in total. The van der Waals surface area contributed by atoms with E-state index in [9.17, 15) is 4.79 Å². The van der Waals surface area contributed by atoms with Gasteiger partial charge in [-0.3, -0.25) is 9.78 Å². The summed E-state index contributed by atoms with van der Waals surface area (Å²) >= 11 is 0. The second kappa shape index (κ2) is 6.78. The fourth-order valence-corrected chi connectivity index (χ4v) is 2.31. The Bertz CT molecular complexity index is 679. The molecule has 3 rings (SSSR count). The minimum absolute atomic E-state index is 0.0993. The van der Waals surface area contributed by atoms with Crippen LogP contribution in [0.3, 0.4) is 0 Å². The minimum Gasteiger partial charge on any atom is -0.436 e. The Morgan fingerprint density at radius 3 is 3.00 bits per heavy atom. The number of amides is 1. The lowest BCUT2D eigenvalue weighted by molar-refractivity contribution is -0.115. The summed E-state index contributed by atoms with van der Waals surface area (Å²) in [6.45, 7) is 3.03. The van der Waals surface area contributed by atoms with E-state index < -0.39 is 0 Å². The van der Waals surface area contributed by atoms with Gasteiger partial charge >= 0.3 is 0 Å². The fourth-order valence-electron chi connectivity index (χ4n) is 2.31. The first-order valence-electron chi connectivity index (χ1n) is 7.75. The molecule has 2 aromatic rings. The quantitative estimate of drug-likeness (QED) is 0.815. The molecule has 2 N–H and O–H groups in total. The average Bonchev–Trinajstić information content (AvgIpc) is 3.31. The zero-order chi connectivity index (χ0) is 16.2. The van der Waals surface area contributed by atoms with Crippen LogP contribution in [-0.4, -0.2) is 33.8 Å². The number of nitrogens with zero attached hydrogens (tertiary/aromatic N) is 3. The molecule has 1 aliphatic carbocycles. The van der Waals surface area contributed by atoms with Gasteiger partial charge in [0.05, 0.1) is 18.4 Å². The summed E-state index contributed by atoms with van der Waals surface area (Å²) in [6, 6.07) is 3.59. The van der Waals surface area contributed by atoms with Crippen LogP contribution >= 0.6 is 0 Å². The predicted molar refractivity (Wildman–Crippen MR) is 86.5 cm³/mol. The molecule has 0 aliphatic heterocycles. The number of hydrogen-bond acceptors (Lipinski definition) is 5. The van der Waals surface area contributed by atoms with Gasteiger partial charge in [-0.25, -0.2) is 4.68 Å². The Kier molecular flexibility index (Phi) is 4.57. The number of pyridine rings is 1. The molecule has 0 atom stereocenters. The van der Waals surface area contributed by atoms with Gasteiger partial charge < -0.3 is 15.4 Å². The van der Waals surface area contributed by atoms with E-state index in [1.54, 1.807) is 36.3 Å². The third kappa shape index (κ3) is 4.07. The molecule has 0 spiro atoms. The Morgan fingerprint density at radius 2 is 2.30 bits per heavy atom. The Hall–Kier alpha value is -2.41. The van der Waals surface area contributed by atoms with Gasteiger partial charge in [-0.2, -0.15) is 5.10 Å². The Morgan fingerprint density at radius 1 is 1.48 bits per heavy atom. The molecule has 23 heavy (non-hydrogen) atoms. The predicted octanol–water partition coefficient (Wildman–Crippen LogP) is 1.85. The first-order chi connectivity index (χ1) is 11.1. The third-order valence-corrected chi connectivity index (χ3v) is 3.70. The van der Waals surface area contributed by atoms with Crippen LogP contribution in [0.15, 0.2) is 24.5 Å². The van der Waals surface area contributed by atoms with Crippen molar-refractivity contribution in [3.05, 3.63) is 30.2 Å². The number of carbonyl (C=O) groups is 1. The van der Waals surface area contributed by atoms with Gasteiger partial charge in [-0.1, -0.05) is 0 Å². The second-order valence-corrected chi connectivity index (χ2v) is 5.80. The van der Waals surface area contributed by atoms with Gasteiger partial charge in [0, 0.05) is 13.2 Å². The summed E-state index contributed by atoms with van der Waals surface area (Å²) in [5.41, 5.74) is 1.30. The highest BCUT2D eigenvalue weighted by Crippen LogP contribution is 2.31. The van der Waals surface area contributed by atoms with Gasteiger partial charge in [0.2, 0.25) is 11.8 Å². The van der Waals surface area contributed by atoms with E-state index in [0.29, 0.717) is 23.0 Å². The van der Waals surface area contributed by atoms with Crippen LogP contribution in [-0.2, 0) is 11.8 Å². The number of anilines is 1. The SMILES string of the molecule is Cc1nn(C)c(Oc2cccnc2)c1NC(=O)CNCC1CC1. The molecular formula is C16H21N5O2. The molecular weight excluding hydrogens is 294 g/mol. The first-order valence-corrected chi connectivity index (χ1v) is 7.75. The smallest absolute Gasteiger partial charge is 0.241 e. The van der Waals surface area contributed by atoms with Gasteiger partial charge in [0.1, 0.15) is 11.4 Å². The number of nitrogens with one attached hydrogen (secondary N) is 2. The molecule has 7 heteroatoms. The summed E-state index contributed by atoms with van der Waals surface area (Å²) in [7, 11) is 1.78. The van der Waals surface area contributed by atoms with E-state index in [1.807, 2.05) is 6.92 Å². The van der Waals surface area contributed by atoms with Crippen molar-refractivity contribution in [2.45, 2.75) is 19.8 Å². The van der Waals surface area contributed by atoms with E-state index in [1.165, 1.54) is 12.8 Å². The van der Waals surface area contributed by atoms with Crippen LogP contribution in [0.25, 0.3) is 0 Å². The summed E-state index contributed by atoms with van der Waals surface area (Å²) in [4.78, 5) is 16.1. The van der Waals surface area contributed by atoms with Gasteiger partial charge in [0.15, 0.2) is 0 Å². The fraction of sp³-hybridized carbons (Fsp3) is 0.438. The highest BCUT2D eigenvalue weighted by atomic mass is 16.5. The normalized spacial score (nSPS) is 13.8. The number of rotatable bonds is 7. The van der Waals surface area contributed by atoms with Crippen LogP contribution in [0, 0.1) is 12.8 Å². The molecule has 122 valence electrons. The monoisotopic (exact) mass is 315 g/mol. The highest BCUT2D eigenvalue weighted by Gasteiger charge is 2.21. The lowest BCUT2D eigenvalue weighted by Gasteiger charge is -2.10. The number of ether oxygens (including phenoxy) is 1. The highest BCUT2D eigenvalue weighted by molar-refractivity contribution is 5.94. The molecule has 2 aromatic heterocycles. The molecule has 2 heterocycles. The van der Waals surface area contributed by atoms with E-state index >= 15 is 0 Å². The molecule has 0 radical (unpaired) electrons. The number of carbonyl (C=O) groups excluding carboxylic acids is 1. The van der Waals surface area contributed by atoms with Crippen molar-refractivity contribution < 1.29 is 9.53 Å². The standard InChI is InChI=1S/C16H21N5O2/c1-11-15(19-14(22)10-18-8-12-5-6-12)16(21(2)20-11)23-13-4-3-7-17-9-13/h3-4,7,9,12,18H,5-6,8,10H2,1-2H3,(H,19,22). The summed E-state index contributed by atoms with van der Waals surface area (Å²) in [5.74, 6) is 1.73. The number of aromatic nitrogens is 3. The second-order valence-electron chi connectivity index (χ2n) is 5.80. The third-order valence-electron chi connectivity index (χ3n) is 3.70. The van der Waals surface area contributed by atoms with Crippen molar-refractivity contribution in [1.82, 2.24) is 20.1 Å². The maximum Gasteiger partial charge on any atom is 0.241 e. The molecule has 1 saturated carbocycles. The van der Waals surface area contributed by atoms with Gasteiger partial charge in [-0.15, -0.1) is 0 Å². The van der Waals surface area contributed by atoms with Crippen LogP contribution < -0.4 is 15.4 Å². The zero-order valence-electron chi connectivity index (χ0n) is 13.4. The van der Waals surface area contributed by atoms with E-state index in [2.05, 4.69) is 20.7 Å². The molecule has 1 fully saturated rings. The van der Waals surface area contributed by atoms with E-state index in [0.717, 1.165) is 12.5 Å². The summed E-state index contributed by atoms with van der Waals surface area (Å²) in [6.07, 6.45) is 5.82. The van der Waals surface area contributed by atoms with Crippen molar-refractivity contribution in [2.75, 3.05) is 18.4 Å². The first kappa shape index (κ1) is 15.5. The lowest BCUT2D eigenvalue weighted by atomic mass is 10.3. The molecule has 0 saturated heterocycles. The molecule has 0 aromatic carbocycles. The van der Waals surface area contributed by atoms with Crippen molar-refractivity contribution in [3.8, 4) is 11.6 Å². The average molecular weight is 315 g/mol. The minimum atomic E-state index is -0.0993. The Balaban J connectivity index is 1.66. The maximum atomic E-state index is 12.1. The van der Waals surface area contributed by atoms with Gasteiger partial charge in [0.25, 0.3) is 0 Å².